The summed E-state index contributed by atoms with van der Waals surface area (Å²) in [6, 6.07) is 0. The average Bonchev–Trinajstić information content (AvgIpc) is 3.18. The maximum absolute atomic E-state index is 14.9. The lowest BCUT2D eigenvalue weighted by molar-refractivity contribution is -0.0723. The van der Waals surface area contributed by atoms with Crippen LogP contribution < -0.4 is 11.1 Å². The van der Waals surface area contributed by atoms with Crippen LogP contribution in [0.1, 0.15) is 6.23 Å². The summed E-state index contributed by atoms with van der Waals surface area (Å²) in [5.74, 6) is -0.0163. The standard InChI is InChI=1S/C11H17ClFN6O12P3/c1-15-7-5-8(18-10(14)17-7)19(3-16-5)9-4(13)6(20)11(12,29-9)2-28-33(24,25)31-34(26,27)30-32(21,22)23/h3-4,6,9,20H,2H2,1H3,(H,24,25)(H,26,27)(H2,21,22,23)(H3,14,15,17,18)/t4-,6-,9+,11+/m0/s1. The summed E-state index contributed by atoms with van der Waals surface area (Å²) in [5.41, 5.74) is 5.75. The van der Waals surface area contributed by atoms with Crippen molar-refractivity contribution in [3.8, 4) is 0 Å². The van der Waals surface area contributed by atoms with Crippen molar-refractivity contribution in [1.82, 2.24) is 19.5 Å². The van der Waals surface area contributed by atoms with Gasteiger partial charge in [-0.15, -0.1) is 0 Å². The highest BCUT2D eigenvalue weighted by Gasteiger charge is 2.57. The van der Waals surface area contributed by atoms with Gasteiger partial charge in [0.15, 0.2) is 34.4 Å². The molecule has 0 amide bonds. The fourth-order valence-corrected chi connectivity index (χ4v) is 6.22. The van der Waals surface area contributed by atoms with Crippen LogP contribution >= 0.6 is 35.1 Å². The van der Waals surface area contributed by atoms with Crippen LogP contribution in [0.25, 0.3) is 11.2 Å². The maximum atomic E-state index is 14.9. The number of aromatic nitrogens is 4. The van der Waals surface area contributed by atoms with E-state index >= 15 is 0 Å². The first-order valence-corrected chi connectivity index (χ1v) is 13.5. The number of nitrogens with one attached hydrogen (secondary N) is 1. The number of aliphatic hydroxyl groups is 1. The van der Waals surface area contributed by atoms with Gasteiger partial charge in [0.1, 0.15) is 12.7 Å². The highest BCUT2D eigenvalue weighted by atomic mass is 35.5. The molecule has 34 heavy (non-hydrogen) atoms. The van der Waals surface area contributed by atoms with Gasteiger partial charge in [0.25, 0.3) is 0 Å². The fourth-order valence-electron chi connectivity index (χ4n) is 2.83. The summed E-state index contributed by atoms with van der Waals surface area (Å²) < 4.78 is 66.6. The van der Waals surface area contributed by atoms with Crippen molar-refractivity contribution >= 4 is 58.0 Å². The monoisotopic (exact) mass is 572 g/mol. The Balaban J connectivity index is 1.80. The number of nitrogens with zero attached hydrogens (tertiary/aromatic N) is 4. The van der Waals surface area contributed by atoms with Crippen LogP contribution in [-0.4, -0.2) is 75.2 Å². The minimum Gasteiger partial charge on any atom is -0.385 e. The molecule has 0 aliphatic carbocycles. The Kier molecular flexibility index (Phi) is 7.46. The summed E-state index contributed by atoms with van der Waals surface area (Å²) in [5, 5.41) is 10.4. The highest BCUT2D eigenvalue weighted by molar-refractivity contribution is 7.66. The number of ether oxygens (including phenoxy) is 1. The van der Waals surface area contributed by atoms with Gasteiger partial charge in [0.2, 0.25) is 5.95 Å². The van der Waals surface area contributed by atoms with Crippen LogP contribution in [0.5, 0.6) is 0 Å². The van der Waals surface area contributed by atoms with E-state index in [4.69, 9.17) is 36.8 Å². The number of nitrogens with two attached hydrogens (primary N) is 1. The number of halogens is 2. The molecular formula is C11H17ClFN6O12P3. The number of fused-ring (bicyclic) bond motifs is 1. The Bertz CT molecular complexity index is 1230. The number of nitrogen functional groups attached to an aromatic ring is 1. The predicted molar refractivity (Wildman–Crippen MR) is 109 cm³/mol. The molecule has 1 fully saturated rings. The molecule has 18 nitrogen and oxygen atoms in total. The molecule has 0 aromatic carbocycles. The summed E-state index contributed by atoms with van der Waals surface area (Å²) in [6.45, 7) is -1.32. The molecule has 0 saturated carbocycles. The van der Waals surface area contributed by atoms with Gasteiger partial charge >= 0.3 is 23.5 Å². The second-order valence-electron chi connectivity index (χ2n) is 6.55. The highest BCUT2D eigenvalue weighted by Crippen LogP contribution is 2.66. The molecule has 192 valence electrons. The second-order valence-corrected chi connectivity index (χ2v) is 11.6. The van der Waals surface area contributed by atoms with E-state index in [1.807, 2.05) is 0 Å². The van der Waals surface area contributed by atoms with Crippen molar-refractivity contribution < 1.29 is 60.6 Å². The molecule has 2 unspecified atom stereocenters. The zero-order valence-corrected chi connectivity index (χ0v) is 20.0. The van der Waals surface area contributed by atoms with E-state index in [0.717, 1.165) is 10.9 Å². The van der Waals surface area contributed by atoms with Crippen LogP contribution in [-0.2, 0) is 31.6 Å². The molecule has 1 saturated heterocycles. The Hall–Kier alpha value is -1.30. The number of phosphoric ester groups is 1. The minimum atomic E-state index is -5.80. The lowest BCUT2D eigenvalue weighted by Crippen LogP contribution is -2.40. The van der Waals surface area contributed by atoms with Crippen LogP contribution in [0, 0.1) is 0 Å². The number of aliphatic hydroxyl groups excluding tert-OH is 1. The molecule has 6 atom stereocenters. The van der Waals surface area contributed by atoms with Gasteiger partial charge in [-0.2, -0.15) is 18.6 Å². The zero-order valence-electron chi connectivity index (χ0n) is 16.6. The van der Waals surface area contributed by atoms with E-state index < -0.39 is 53.6 Å². The quantitative estimate of drug-likeness (QED) is 0.153. The van der Waals surface area contributed by atoms with E-state index in [1.54, 1.807) is 0 Å². The summed E-state index contributed by atoms with van der Waals surface area (Å²) in [7, 11) is -15.5. The molecule has 0 radical (unpaired) electrons. The van der Waals surface area contributed by atoms with Crippen molar-refractivity contribution in [1.29, 1.82) is 0 Å². The third-order valence-corrected chi connectivity index (χ3v) is 8.33. The Morgan fingerprint density at radius 2 is 1.91 bits per heavy atom. The van der Waals surface area contributed by atoms with Crippen molar-refractivity contribution in [2.75, 3.05) is 24.7 Å². The molecule has 1 aliphatic rings. The predicted octanol–water partition coefficient (Wildman–Crippen LogP) is -0.0436. The van der Waals surface area contributed by atoms with Gasteiger partial charge in [-0.05, 0) is 0 Å². The van der Waals surface area contributed by atoms with E-state index in [9.17, 15) is 28.1 Å². The number of rotatable bonds is 9. The average molecular weight is 573 g/mol. The normalized spacial score (nSPS) is 29.1. The van der Waals surface area contributed by atoms with Gasteiger partial charge in [-0.25, -0.2) is 23.1 Å². The first-order valence-electron chi connectivity index (χ1n) is 8.62. The van der Waals surface area contributed by atoms with Gasteiger partial charge in [0, 0.05) is 7.05 Å². The molecular weight excluding hydrogens is 556 g/mol. The number of phosphoric acid groups is 3. The molecule has 2 aromatic heterocycles. The lowest BCUT2D eigenvalue weighted by Gasteiger charge is -2.25. The van der Waals surface area contributed by atoms with Crippen LogP contribution in [0.4, 0.5) is 16.2 Å². The molecule has 8 N–H and O–H groups in total. The number of alkyl halides is 2. The molecule has 3 rings (SSSR count). The Morgan fingerprint density at radius 1 is 1.26 bits per heavy atom. The SMILES string of the molecule is CNc1nc(N)nc2c1ncn2[C@@H]1O[C@](Cl)(COP(=O)(O)OP(=O)(O)OP(=O)(O)O)[C@@H](O)[C@@H]1F. The molecule has 3 heterocycles. The number of imidazole rings is 1. The third-order valence-electron chi connectivity index (χ3n) is 4.12. The molecule has 0 bridgehead atoms. The summed E-state index contributed by atoms with van der Waals surface area (Å²) >= 11 is 6.04. The maximum Gasteiger partial charge on any atom is 0.490 e. The second kappa shape index (κ2) is 9.29. The largest absolute Gasteiger partial charge is 0.490 e. The van der Waals surface area contributed by atoms with Crippen molar-refractivity contribution in [3.05, 3.63) is 6.33 Å². The van der Waals surface area contributed by atoms with Crippen LogP contribution in [0.2, 0.25) is 0 Å². The first kappa shape index (κ1) is 27.3. The first-order chi connectivity index (χ1) is 15.5. The van der Waals surface area contributed by atoms with Crippen LogP contribution in [0.15, 0.2) is 6.33 Å². The minimum absolute atomic E-state index is 0.0227. The van der Waals surface area contributed by atoms with Crippen molar-refractivity contribution in [3.63, 3.8) is 0 Å². The van der Waals surface area contributed by atoms with Crippen molar-refractivity contribution in [2.24, 2.45) is 0 Å². The summed E-state index contributed by atoms with van der Waals surface area (Å²) in [4.78, 5) is 47.6. The fraction of sp³-hybridized carbons (Fsp3) is 0.545. The lowest BCUT2D eigenvalue weighted by atomic mass is 10.1. The topological polar surface area (TPSA) is 271 Å². The van der Waals surface area contributed by atoms with Gasteiger partial charge < -0.3 is 40.5 Å². The van der Waals surface area contributed by atoms with Gasteiger partial charge in [0.05, 0.1) is 6.33 Å². The molecule has 1 aliphatic heterocycles. The van der Waals surface area contributed by atoms with E-state index in [2.05, 4.69) is 33.4 Å². The molecule has 23 heteroatoms. The molecule has 2 aromatic rings. The summed E-state index contributed by atoms with van der Waals surface area (Å²) in [6.07, 6.45) is -5.12. The number of hydrogen-bond donors (Lipinski definition) is 7. The smallest absolute Gasteiger partial charge is 0.385 e. The Labute approximate surface area is 193 Å². The van der Waals surface area contributed by atoms with E-state index in [-0.39, 0.29) is 22.9 Å². The zero-order chi connectivity index (χ0) is 25.7. The third kappa shape index (κ3) is 5.91. The van der Waals surface area contributed by atoms with E-state index in [0.29, 0.717) is 0 Å². The van der Waals surface area contributed by atoms with Gasteiger partial charge in [-0.3, -0.25) is 9.09 Å². The van der Waals surface area contributed by atoms with Gasteiger partial charge in [-0.1, -0.05) is 11.6 Å². The van der Waals surface area contributed by atoms with Crippen LogP contribution in [0.3, 0.4) is 0 Å². The van der Waals surface area contributed by atoms with E-state index in [1.165, 1.54) is 7.05 Å². The number of hydrogen-bond acceptors (Lipinski definition) is 13. The van der Waals surface area contributed by atoms with Crippen molar-refractivity contribution in [2.45, 2.75) is 23.6 Å². The molecule has 0 spiro atoms. The Morgan fingerprint density at radius 3 is 2.50 bits per heavy atom. The number of anilines is 2.